The minimum Gasteiger partial charge on any atom is -0.377 e. The van der Waals surface area contributed by atoms with Gasteiger partial charge in [0.1, 0.15) is 0 Å². The molecule has 0 saturated heterocycles. The maximum Gasteiger partial charge on any atom is 0.243 e. The summed E-state index contributed by atoms with van der Waals surface area (Å²) in [6.45, 7) is 4.66. The quantitative estimate of drug-likeness (QED) is 0.544. The first-order chi connectivity index (χ1) is 9.96. The van der Waals surface area contributed by atoms with Crippen LogP contribution in [0, 0.1) is 0 Å². The van der Waals surface area contributed by atoms with E-state index in [4.69, 9.17) is 4.74 Å². The number of para-hydroxylation sites is 1. The topological polar surface area (TPSA) is 74.8 Å². The molecule has 0 unspecified atom stereocenters. The number of hydrogen-bond acceptors (Lipinski definition) is 3. The smallest absolute Gasteiger partial charge is 0.243 e. The molecule has 6 nitrogen and oxygen atoms in total. The lowest BCUT2D eigenvalue weighted by molar-refractivity contribution is -0.115. The van der Waals surface area contributed by atoms with E-state index in [0.29, 0.717) is 12.5 Å². The first-order valence-corrected chi connectivity index (χ1v) is 6.81. The minimum absolute atomic E-state index is 0.129. The third-order valence-corrected chi connectivity index (χ3v) is 2.93. The van der Waals surface area contributed by atoms with Crippen LogP contribution in [0.15, 0.2) is 35.3 Å². The number of guanidine groups is 1. The Balaban J connectivity index is 2.36. The maximum absolute atomic E-state index is 11.8. The van der Waals surface area contributed by atoms with E-state index in [1.165, 1.54) is 0 Å². The number of ether oxygens (including phenoxy) is 1. The molecule has 0 fully saturated rings. The SMILES string of the molecule is CN=C(NCC(=O)Nc1ccccc1)NCC(C)(C)OC. The second-order valence-corrected chi connectivity index (χ2v) is 5.16. The number of aliphatic imine (C=N–C) groups is 1. The molecule has 116 valence electrons. The molecular weight excluding hydrogens is 268 g/mol. The van der Waals surface area contributed by atoms with Crippen LogP contribution in [-0.2, 0) is 9.53 Å². The number of methoxy groups -OCH3 is 1. The Morgan fingerprint density at radius 1 is 1.24 bits per heavy atom. The normalized spacial score (nSPS) is 11.9. The molecule has 21 heavy (non-hydrogen) atoms. The van der Waals surface area contributed by atoms with Gasteiger partial charge in [-0.1, -0.05) is 18.2 Å². The Morgan fingerprint density at radius 2 is 1.90 bits per heavy atom. The summed E-state index contributed by atoms with van der Waals surface area (Å²) in [5.41, 5.74) is 0.469. The molecule has 1 aromatic rings. The van der Waals surface area contributed by atoms with Gasteiger partial charge >= 0.3 is 0 Å². The highest BCUT2D eigenvalue weighted by molar-refractivity contribution is 5.94. The zero-order chi connectivity index (χ0) is 15.7. The highest BCUT2D eigenvalue weighted by atomic mass is 16.5. The molecule has 0 spiro atoms. The van der Waals surface area contributed by atoms with E-state index in [-0.39, 0.29) is 18.1 Å². The van der Waals surface area contributed by atoms with Gasteiger partial charge in [0.05, 0.1) is 12.1 Å². The van der Waals surface area contributed by atoms with Crippen LogP contribution in [-0.4, -0.2) is 44.7 Å². The molecule has 0 aliphatic carbocycles. The number of anilines is 1. The summed E-state index contributed by atoms with van der Waals surface area (Å²) in [4.78, 5) is 15.9. The fraction of sp³-hybridized carbons (Fsp3) is 0.467. The summed E-state index contributed by atoms with van der Waals surface area (Å²) in [5, 5.41) is 8.87. The number of benzene rings is 1. The highest BCUT2D eigenvalue weighted by Gasteiger charge is 2.16. The van der Waals surface area contributed by atoms with Crippen molar-refractivity contribution < 1.29 is 9.53 Å². The first kappa shape index (κ1) is 17.0. The van der Waals surface area contributed by atoms with E-state index < -0.39 is 0 Å². The summed E-state index contributed by atoms with van der Waals surface area (Å²) in [6, 6.07) is 9.32. The van der Waals surface area contributed by atoms with Crippen LogP contribution in [0.3, 0.4) is 0 Å². The number of carbonyl (C=O) groups excluding carboxylic acids is 1. The molecule has 0 aromatic heterocycles. The fourth-order valence-corrected chi connectivity index (χ4v) is 1.48. The third kappa shape index (κ3) is 6.76. The van der Waals surface area contributed by atoms with Crippen LogP contribution >= 0.6 is 0 Å². The van der Waals surface area contributed by atoms with Gasteiger partial charge in [0.15, 0.2) is 5.96 Å². The average molecular weight is 292 g/mol. The number of hydrogen-bond donors (Lipinski definition) is 3. The Morgan fingerprint density at radius 3 is 2.48 bits per heavy atom. The number of nitrogens with one attached hydrogen (secondary N) is 3. The van der Waals surface area contributed by atoms with Crippen LogP contribution in [0.25, 0.3) is 0 Å². The summed E-state index contributed by atoms with van der Waals surface area (Å²) in [7, 11) is 3.31. The van der Waals surface area contributed by atoms with Crippen molar-refractivity contribution >= 4 is 17.6 Å². The van der Waals surface area contributed by atoms with Crippen molar-refractivity contribution in [1.82, 2.24) is 10.6 Å². The van der Waals surface area contributed by atoms with Crippen molar-refractivity contribution in [2.24, 2.45) is 4.99 Å². The Labute approximate surface area is 126 Å². The number of nitrogens with zero attached hydrogens (tertiary/aromatic N) is 1. The lowest BCUT2D eigenvalue weighted by atomic mass is 10.1. The van der Waals surface area contributed by atoms with Gasteiger partial charge in [0, 0.05) is 26.4 Å². The minimum atomic E-state index is -0.302. The molecule has 0 aliphatic heterocycles. The second-order valence-electron chi connectivity index (χ2n) is 5.16. The van der Waals surface area contributed by atoms with Gasteiger partial charge in [-0.3, -0.25) is 9.79 Å². The zero-order valence-corrected chi connectivity index (χ0v) is 13.1. The number of amides is 1. The summed E-state index contributed by atoms with van der Waals surface area (Å²) in [6.07, 6.45) is 0. The van der Waals surface area contributed by atoms with E-state index in [9.17, 15) is 4.79 Å². The van der Waals surface area contributed by atoms with Crippen molar-refractivity contribution in [3.8, 4) is 0 Å². The van der Waals surface area contributed by atoms with Crippen molar-refractivity contribution in [1.29, 1.82) is 0 Å². The largest absolute Gasteiger partial charge is 0.377 e. The second kappa shape index (κ2) is 8.26. The van der Waals surface area contributed by atoms with E-state index in [1.807, 2.05) is 44.2 Å². The number of carbonyl (C=O) groups is 1. The van der Waals surface area contributed by atoms with E-state index in [0.717, 1.165) is 5.69 Å². The molecule has 1 rings (SSSR count). The van der Waals surface area contributed by atoms with Gasteiger partial charge in [0.2, 0.25) is 5.91 Å². The standard InChI is InChI=1S/C15H24N4O2/c1-15(2,21-4)11-18-14(16-3)17-10-13(20)19-12-8-6-5-7-9-12/h5-9H,10-11H2,1-4H3,(H,19,20)(H2,16,17,18). The van der Waals surface area contributed by atoms with Crippen molar-refractivity contribution in [2.75, 3.05) is 32.6 Å². The lowest BCUT2D eigenvalue weighted by Gasteiger charge is -2.24. The number of rotatable bonds is 6. The van der Waals surface area contributed by atoms with Gasteiger partial charge in [0.25, 0.3) is 0 Å². The summed E-state index contributed by atoms with van der Waals surface area (Å²) < 4.78 is 5.31. The van der Waals surface area contributed by atoms with Crippen molar-refractivity contribution in [3.05, 3.63) is 30.3 Å². The zero-order valence-electron chi connectivity index (χ0n) is 13.1. The predicted octanol–water partition coefficient (Wildman–Crippen LogP) is 1.22. The molecule has 1 aromatic carbocycles. The third-order valence-electron chi connectivity index (χ3n) is 2.93. The van der Waals surface area contributed by atoms with Crippen LogP contribution in [0.1, 0.15) is 13.8 Å². The molecule has 0 heterocycles. The molecule has 0 saturated carbocycles. The van der Waals surface area contributed by atoms with E-state index >= 15 is 0 Å². The Kier molecular flexibility index (Phi) is 6.68. The molecule has 6 heteroatoms. The van der Waals surface area contributed by atoms with Crippen LogP contribution in [0.2, 0.25) is 0 Å². The van der Waals surface area contributed by atoms with Gasteiger partial charge < -0.3 is 20.7 Å². The lowest BCUT2D eigenvalue weighted by Crippen LogP contribution is -2.47. The maximum atomic E-state index is 11.8. The summed E-state index contributed by atoms with van der Waals surface area (Å²) in [5.74, 6) is 0.429. The average Bonchev–Trinajstić information content (AvgIpc) is 2.48. The van der Waals surface area contributed by atoms with Crippen molar-refractivity contribution in [2.45, 2.75) is 19.4 Å². The van der Waals surface area contributed by atoms with E-state index in [1.54, 1.807) is 14.2 Å². The van der Waals surface area contributed by atoms with Gasteiger partial charge in [-0.15, -0.1) is 0 Å². The molecule has 0 atom stereocenters. The Bertz CT molecular complexity index is 472. The molecular formula is C15H24N4O2. The summed E-state index contributed by atoms with van der Waals surface area (Å²) >= 11 is 0. The van der Waals surface area contributed by atoms with Gasteiger partial charge in [-0.25, -0.2) is 0 Å². The van der Waals surface area contributed by atoms with Gasteiger partial charge in [-0.05, 0) is 26.0 Å². The molecule has 0 aliphatic rings. The monoisotopic (exact) mass is 292 g/mol. The predicted molar refractivity (Wildman–Crippen MR) is 85.5 cm³/mol. The molecule has 3 N–H and O–H groups in total. The molecule has 1 amide bonds. The van der Waals surface area contributed by atoms with Crippen LogP contribution in [0.5, 0.6) is 0 Å². The van der Waals surface area contributed by atoms with Crippen LogP contribution < -0.4 is 16.0 Å². The highest BCUT2D eigenvalue weighted by Crippen LogP contribution is 2.05. The molecule has 0 bridgehead atoms. The fourth-order valence-electron chi connectivity index (χ4n) is 1.48. The first-order valence-electron chi connectivity index (χ1n) is 6.81. The Hall–Kier alpha value is -2.08. The van der Waals surface area contributed by atoms with E-state index in [2.05, 4.69) is 20.9 Å². The van der Waals surface area contributed by atoms with Crippen molar-refractivity contribution in [3.63, 3.8) is 0 Å². The van der Waals surface area contributed by atoms with Crippen LogP contribution in [0.4, 0.5) is 5.69 Å². The van der Waals surface area contributed by atoms with Gasteiger partial charge in [-0.2, -0.15) is 0 Å². The molecule has 0 radical (unpaired) electrons.